The fourth-order valence-electron chi connectivity index (χ4n) is 4.45. The summed E-state index contributed by atoms with van der Waals surface area (Å²) in [5.74, 6) is 1.77. The summed E-state index contributed by atoms with van der Waals surface area (Å²) >= 11 is 0. The van der Waals surface area contributed by atoms with Crippen LogP contribution in [0, 0.1) is 0 Å². The third-order valence-corrected chi connectivity index (χ3v) is 5.53. The minimum Gasteiger partial charge on any atom is -0.454 e. The molecule has 4 aliphatic rings. The highest BCUT2D eigenvalue weighted by Gasteiger charge is 2.50. The van der Waals surface area contributed by atoms with Crippen LogP contribution < -0.4 is 9.47 Å². The lowest BCUT2D eigenvalue weighted by molar-refractivity contribution is 0.0514. The summed E-state index contributed by atoms with van der Waals surface area (Å²) in [7, 11) is 1.79. The van der Waals surface area contributed by atoms with E-state index >= 15 is 0 Å². The number of fused-ring (bicyclic) bond motifs is 2. The molecule has 2 atom stereocenters. The van der Waals surface area contributed by atoms with Crippen molar-refractivity contribution in [1.29, 1.82) is 0 Å². The van der Waals surface area contributed by atoms with E-state index in [4.69, 9.17) is 14.2 Å². The second-order valence-corrected chi connectivity index (χ2v) is 6.42. The molecule has 0 saturated heterocycles. The highest BCUT2D eigenvalue weighted by atomic mass is 16.7. The van der Waals surface area contributed by atoms with Crippen LogP contribution in [0.4, 0.5) is 0 Å². The Morgan fingerprint density at radius 2 is 2.14 bits per heavy atom. The van der Waals surface area contributed by atoms with E-state index in [1.165, 1.54) is 16.7 Å². The Balaban J connectivity index is 1.72. The lowest BCUT2D eigenvalue weighted by Crippen LogP contribution is -2.51. The largest absolute Gasteiger partial charge is 0.454 e. The maximum atomic E-state index is 5.65. The van der Waals surface area contributed by atoms with Gasteiger partial charge in [-0.1, -0.05) is 18.2 Å². The molecule has 2 unspecified atom stereocenters. The first kappa shape index (κ1) is 12.7. The summed E-state index contributed by atoms with van der Waals surface area (Å²) in [5, 5.41) is 0. The maximum absolute atomic E-state index is 5.65. The lowest BCUT2D eigenvalue weighted by Gasteiger charge is -2.48. The van der Waals surface area contributed by atoms with E-state index in [0.717, 1.165) is 37.4 Å². The second kappa shape index (κ2) is 4.37. The minimum atomic E-state index is -0.0516. The number of benzene rings is 1. The Labute approximate surface area is 130 Å². The number of nitrogens with zero attached hydrogens (tertiary/aromatic N) is 1. The van der Waals surface area contributed by atoms with Gasteiger partial charge in [-0.3, -0.25) is 4.90 Å². The third kappa shape index (κ3) is 1.49. The number of ether oxygens (including phenoxy) is 3. The van der Waals surface area contributed by atoms with Gasteiger partial charge in [-0.15, -0.1) is 0 Å². The van der Waals surface area contributed by atoms with Crippen molar-refractivity contribution in [3.63, 3.8) is 0 Å². The van der Waals surface area contributed by atoms with E-state index < -0.39 is 0 Å². The van der Waals surface area contributed by atoms with Gasteiger partial charge in [0.1, 0.15) is 0 Å². The summed E-state index contributed by atoms with van der Waals surface area (Å²) < 4.78 is 16.9. The first-order valence-corrected chi connectivity index (χ1v) is 7.91. The molecule has 5 rings (SSSR count). The van der Waals surface area contributed by atoms with Gasteiger partial charge in [-0.05, 0) is 35.3 Å². The van der Waals surface area contributed by atoms with Crippen molar-refractivity contribution in [1.82, 2.24) is 4.90 Å². The van der Waals surface area contributed by atoms with E-state index in [9.17, 15) is 0 Å². The molecule has 1 aliphatic carbocycles. The molecule has 0 fully saturated rings. The molecular formula is C18H19NO3. The maximum Gasteiger partial charge on any atom is 0.231 e. The zero-order chi connectivity index (χ0) is 14.7. The zero-order valence-electron chi connectivity index (χ0n) is 12.7. The van der Waals surface area contributed by atoms with E-state index in [0.29, 0.717) is 6.79 Å². The lowest BCUT2D eigenvalue weighted by atomic mass is 9.71. The molecule has 3 aliphatic heterocycles. The van der Waals surface area contributed by atoms with Crippen LogP contribution in [0.5, 0.6) is 11.5 Å². The molecule has 1 aromatic rings. The van der Waals surface area contributed by atoms with Gasteiger partial charge in [0.15, 0.2) is 11.5 Å². The molecule has 0 amide bonds. The van der Waals surface area contributed by atoms with Crippen molar-refractivity contribution >= 4 is 0 Å². The van der Waals surface area contributed by atoms with Crippen LogP contribution >= 0.6 is 0 Å². The molecule has 0 aromatic heterocycles. The molecule has 1 aromatic carbocycles. The molecule has 114 valence electrons. The van der Waals surface area contributed by atoms with E-state index in [1.807, 2.05) is 0 Å². The highest BCUT2D eigenvalue weighted by molar-refractivity contribution is 5.58. The average molecular weight is 297 g/mol. The van der Waals surface area contributed by atoms with Gasteiger partial charge in [0.05, 0.1) is 11.6 Å². The van der Waals surface area contributed by atoms with Gasteiger partial charge in [0, 0.05) is 26.6 Å². The Hall–Kier alpha value is -1.78. The quantitative estimate of drug-likeness (QED) is 0.796. The van der Waals surface area contributed by atoms with Crippen LogP contribution in [-0.2, 0) is 16.7 Å². The first-order valence-electron chi connectivity index (χ1n) is 7.91. The number of methoxy groups -OCH3 is 1. The minimum absolute atomic E-state index is 0.0516. The molecule has 4 heteroatoms. The van der Waals surface area contributed by atoms with Crippen molar-refractivity contribution in [3.05, 3.63) is 47.1 Å². The summed E-state index contributed by atoms with van der Waals surface area (Å²) in [6, 6.07) is 4.38. The van der Waals surface area contributed by atoms with Crippen LogP contribution in [0.25, 0.3) is 0 Å². The number of rotatable bonds is 1. The third-order valence-electron chi connectivity index (χ3n) is 5.53. The molecule has 0 saturated carbocycles. The van der Waals surface area contributed by atoms with Crippen LogP contribution in [-0.4, -0.2) is 38.0 Å². The summed E-state index contributed by atoms with van der Waals surface area (Å²) in [6.45, 7) is 2.43. The van der Waals surface area contributed by atoms with E-state index in [2.05, 4.69) is 35.3 Å². The van der Waals surface area contributed by atoms with Gasteiger partial charge in [0.2, 0.25) is 6.79 Å². The smallest absolute Gasteiger partial charge is 0.231 e. The van der Waals surface area contributed by atoms with Crippen LogP contribution in [0.1, 0.15) is 17.5 Å². The standard InChI is InChI=1S/C18H19NO3/c1-20-14-3-2-13-5-7-19-6-4-12-8-16-17(22-11-21-16)9-15(12)18(13,19)10-14/h2-3,5,8-9,14H,4,6-7,10-11H2,1H3. The summed E-state index contributed by atoms with van der Waals surface area (Å²) in [4.78, 5) is 2.59. The summed E-state index contributed by atoms with van der Waals surface area (Å²) in [6.07, 6.45) is 8.99. The predicted molar refractivity (Wildman–Crippen MR) is 82.2 cm³/mol. The molecule has 1 spiro atoms. The van der Waals surface area contributed by atoms with Gasteiger partial charge in [-0.2, -0.15) is 0 Å². The van der Waals surface area contributed by atoms with Crippen molar-refractivity contribution in [2.75, 3.05) is 27.0 Å². The average Bonchev–Trinajstić information content (AvgIpc) is 3.16. The fourth-order valence-corrected chi connectivity index (χ4v) is 4.45. The summed E-state index contributed by atoms with van der Waals surface area (Å²) in [5.41, 5.74) is 4.11. The van der Waals surface area contributed by atoms with Crippen LogP contribution in [0.3, 0.4) is 0 Å². The predicted octanol–water partition coefficient (Wildman–Crippen LogP) is 2.38. The second-order valence-electron chi connectivity index (χ2n) is 6.42. The molecule has 0 N–H and O–H groups in total. The van der Waals surface area contributed by atoms with Gasteiger partial charge < -0.3 is 14.2 Å². The van der Waals surface area contributed by atoms with Gasteiger partial charge >= 0.3 is 0 Å². The molecule has 3 heterocycles. The van der Waals surface area contributed by atoms with Crippen LogP contribution in [0.2, 0.25) is 0 Å². The van der Waals surface area contributed by atoms with Crippen molar-refractivity contribution < 1.29 is 14.2 Å². The monoisotopic (exact) mass is 297 g/mol. The van der Waals surface area contributed by atoms with Crippen LogP contribution in [0.15, 0.2) is 35.9 Å². The normalized spacial score (nSPS) is 31.5. The van der Waals surface area contributed by atoms with Crippen molar-refractivity contribution in [3.8, 4) is 11.5 Å². The molecule has 0 bridgehead atoms. The molecule has 4 nitrogen and oxygen atoms in total. The molecular weight excluding hydrogens is 278 g/mol. The van der Waals surface area contributed by atoms with Gasteiger partial charge in [0.25, 0.3) is 0 Å². The van der Waals surface area contributed by atoms with E-state index in [1.54, 1.807) is 7.11 Å². The number of hydrogen-bond donors (Lipinski definition) is 0. The molecule has 22 heavy (non-hydrogen) atoms. The van der Waals surface area contributed by atoms with Crippen molar-refractivity contribution in [2.45, 2.75) is 24.5 Å². The fraction of sp³-hybridized carbons (Fsp3) is 0.444. The molecule has 0 radical (unpaired) electrons. The highest BCUT2D eigenvalue weighted by Crippen LogP contribution is 2.52. The Bertz CT molecular complexity index is 709. The van der Waals surface area contributed by atoms with Crippen molar-refractivity contribution in [2.24, 2.45) is 0 Å². The zero-order valence-corrected chi connectivity index (χ0v) is 12.7. The number of hydrogen-bond acceptors (Lipinski definition) is 4. The topological polar surface area (TPSA) is 30.9 Å². The Kier molecular flexibility index (Phi) is 2.53. The van der Waals surface area contributed by atoms with Gasteiger partial charge in [-0.25, -0.2) is 0 Å². The Morgan fingerprint density at radius 3 is 3.00 bits per heavy atom. The first-order chi connectivity index (χ1) is 10.8. The van der Waals surface area contributed by atoms with E-state index in [-0.39, 0.29) is 11.6 Å². The Morgan fingerprint density at radius 1 is 1.27 bits per heavy atom. The SMILES string of the molecule is COC1C=CC2=CCN3CCc4cc5c(cc4C23C1)OCO5.